The van der Waals surface area contributed by atoms with Crippen molar-refractivity contribution in [3.05, 3.63) is 24.2 Å². The SMILES string of the molecule is CC(CCNC(=NCCCN1CCOCC1)NCCc1ccco1)N1CCCCC1.I. The van der Waals surface area contributed by atoms with Gasteiger partial charge < -0.3 is 24.7 Å². The van der Waals surface area contributed by atoms with Crippen LogP contribution in [0.2, 0.25) is 0 Å². The zero-order valence-corrected chi connectivity index (χ0v) is 21.5. The van der Waals surface area contributed by atoms with Gasteiger partial charge in [0.1, 0.15) is 5.76 Å². The number of morpholine rings is 1. The Labute approximate surface area is 205 Å². The fourth-order valence-corrected chi connectivity index (χ4v) is 4.18. The molecule has 31 heavy (non-hydrogen) atoms. The molecule has 1 aromatic heterocycles. The highest BCUT2D eigenvalue weighted by molar-refractivity contribution is 14.0. The number of piperidine rings is 1. The highest BCUT2D eigenvalue weighted by Crippen LogP contribution is 2.13. The molecule has 0 amide bonds. The lowest BCUT2D eigenvalue weighted by Gasteiger charge is -2.32. The topological polar surface area (TPSA) is 65.3 Å². The second kappa shape index (κ2) is 15.9. The summed E-state index contributed by atoms with van der Waals surface area (Å²) in [6.45, 7) is 12.4. The monoisotopic (exact) mass is 547 g/mol. The van der Waals surface area contributed by atoms with E-state index < -0.39 is 0 Å². The summed E-state index contributed by atoms with van der Waals surface area (Å²) in [5, 5.41) is 7.04. The summed E-state index contributed by atoms with van der Waals surface area (Å²) < 4.78 is 10.9. The first-order valence-electron chi connectivity index (χ1n) is 11.9. The largest absolute Gasteiger partial charge is 0.469 e. The molecular weight excluding hydrogens is 505 g/mol. The van der Waals surface area contributed by atoms with Gasteiger partial charge in [0.05, 0.1) is 19.5 Å². The molecule has 2 saturated heterocycles. The van der Waals surface area contributed by atoms with Crippen LogP contribution in [0.1, 0.15) is 44.8 Å². The van der Waals surface area contributed by atoms with Crippen LogP contribution in [0, 0.1) is 0 Å². The van der Waals surface area contributed by atoms with E-state index in [2.05, 4.69) is 27.4 Å². The molecule has 1 aromatic rings. The van der Waals surface area contributed by atoms with Crippen molar-refractivity contribution < 1.29 is 9.15 Å². The zero-order valence-electron chi connectivity index (χ0n) is 19.2. The second-order valence-corrected chi connectivity index (χ2v) is 8.46. The number of nitrogens with one attached hydrogen (secondary N) is 2. The number of aliphatic imine (C=N–C) groups is 1. The molecule has 1 atom stereocenters. The fraction of sp³-hybridized carbons (Fsp3) is 0.783. The maximum Gasteiger partial charge on any atom is 0.191 e. The van der Waals surface area contributed by atoms with Gasteiger partial charge in [0.25, 0.3) is 0 Å². The molecule has 0 spiro atoms. The molecule has 0 aromatic carbocycles. The standard InChI is InChI=1S/C23H41N5O2.HI/c1-21(28-14-3-2-4-15-28)8-11-25-23(26-12-9-22-7-5-18-30-22)24-10-6-13-27-16-19-29-20-17-27;/h5,7,18,21H,2-4,6,8-17,19-20H2,1H3,(H2,24,25,26);1H. The number of likely N-dealkylation sites (tertiary alicyclic amines) is 1. The highest BCUT2D eigenvalue weighted by Gasteiger charge is 2.16. The number of guanidine groups is 1. The van der Waals surface area contributed by atoms with E-state index in [9.17, 15) is 0 Å². The van der Waals surface area contributed by atoms with Crippen molar-refractivity contribution in [2.75, 3.05) is 65.6 Å². The first-order valence-corrected chi connectivity index (χ1v) is 11.9. The molecule has 0 radical (unpaired) electrons. The van der Waals surface area contributed by atoms with Gasteiger partial charge in [-0.25, -0.2) is 0 Å². The minimum atomic E-state index is 0. The van der Waals surface area contributed by atoms with Crippen LogP contribution >= 0.6 is 24.0 Å². The third-order valence-corrected chi connectivity index (χ3v) is 6.12. The lowest BCUT2D eigenvalue weighted by Crippen LogP contribution is -2.43. The minimum absolute atomic E-state index is 0. The number of ether oxygens (including phenoxy) is 1. The molecular formula is C23H42IN5O2. The normalized spacial score (nSPS) is 19.6. The Balaban J connectivity index is 0.00000341. The van der Waals surface area contributed by atoms with Gasteiger partial charge in [0.2, 0.25) is 0 Å². The number of nitrogens with zero attached hydrogens (tertiary/aromatic N) is 3. The summed E-state index contributed by atoms with van der Waals surface area (Å²) in [6.07, 6.45) is 8.91. The summed E-state index contributed by atoms with van der Waals surface area (Å²) in [4.78, 5) is 9.93. The number of hydrogen-bond acceptors (Lipinski definition) is 5. The van der Waals surface area contributed by atoms with E-state index in [1.807, 2.05) is 12.1 Å². The van der Waals surface area contributed by atoms with Gasteiger partial charge in [-0.1, -0.05) is 6.42 Å². The van der Waals surface area contributed by atoms with Crippen molar-refractivity contribution in [1.29, 1.82) is 0 Å². The molecule has 2 N–H and O–H groups in total. The maximum absolute atomic E-state index is 5.44. The molecule has 3 rings (SSSR count). The van der Waals surface area contributed by atoms with Gasteiger partial charge >= 0.3 is 0 Å². The summed E-state index contributed by atoms with van der Waals surface area (Å²) in [5.74, 6) is 1.93. The summed E-state index contributed by atoms with van der Waals surface area (Å²) in [6, 6.07) is 4.59. The van der Waals surface area contributed by atoms with Crippen molar-refractivity contribution in [3.8, 4) is 0 Å². The molecule has 1 unspecified atom stereocenters. The molecule has 178 valence electrons. The van der Waals surface area contributed by atoms with Crippen LogP contribution in [0.15, 0.2) is 27.8 Å². The van der Waals surface area contributed by atoms with Gasteiger partial charge in [0.15, 0.2) is 5.96 Å². The predicted molar refractivity (Wildman–Crippen MR) is 138 cm³/mol. The molecule has 0 saturated carbocycles. The molecule has 0 bridgehead atoms. The molecule has 3 heterocycles. The fourth-order valence-electron chi connectivity index (χ4n) is 4.18. The molecule has 2 fully saturated rings. The van der Waals surface area contributed by atoms with Crippen LogP contribution in [-0.4, -0.2) is 87.4 Å². The average Bonchev–Trinajstić information content (AvgIpc) is 3.31. The Morgan fingerprint density at radius 1 is 1.10 bits per heavy atom. The first kappa shape index (κ1) is 26.4. The van der Waals surface area contributed by atoms with E-state index in [0.717, 1.165) is 83.5 Å². The van der Waals surface area contributed by atoms with Crippen LogP contribution in [0.4, 0.5) is 0 Å². The molecule has 2 aliphatic heterocycles. The average molecular weight is 548 g/mol. The molecule has 8 heteroatoms. The number of furan rings is 1. The van der Waals surface area contributed by atoms with Gasteiger partial charge in [-0.15, -0.1) is 24.0 Å². The summed E-state index contributed by atoms with van der Waals surface area (Å²) >= 11 is 0. The number of halogens is 1. The number of rotatable bonds is 11. The van der Waals surface area contributed by atoms with Crippen molar-refractivity contribution in [1.82, 2.24) is 20.4 Å². The Morgan fingerprint density at radius 3 is 2.61 bits per heavy atom. The predicted octanol–water partition coefficient (Wildman–Crippen LogP) is 2.96. The van der Waals surface area contributed by atoms with Crippen LogP contribution in [-0.2, 0) is 11.2 Å². The van der Waals surface area contributed by atoms with Crippen LogP contribution in [0.3, 0.4) is 0 Å². The third kappa shape index (κ3) is 10.5. The molecule has 0 aliphatic carbocycles. The maximum atomic E-state index is 5.44. The van der Waals surface area contributed by atoms with E-state index in [1.54, 1.807) is 6.26 Å². The van der Waals surface area contributed by atoms with E-state index in [4.69, 9.17) is 14.1 Å². The highest BCUT2D eigenvalue weighted by atomic mass is 127. The van der Waals surface area contributed by atoms with Crippen molar-refractivity contribution in [2.24, 2.45) is 4.99 Å². The minimum Gasteiger partial charge on any atom is -0.469 e. The van der Waals surface area contributed by atoms with E-state index in [1.165, 1.54) is 32.4 Å². The Hall–Kier alpha value is -0.840. The van der Waals surface area contributed by atoms with Crippen LogP contribution < -0.4 is 10.6 Å². The Bertz CT molecular complexity index is 587. The van der Waals surface area contributed by atoms with Crippen molar-refractivity contribution >= 4 is 29.9 Å². The first-order chi connectivity index (χ1) is 14.8. The lowest BCUT2D eigenvalue weighted by molar-refractivity contribution is 0.0377. The molecule has 7 nitrogen and oxygen atoms in total. The van der Waals surface area contributed by atoms with Gasteiger partial charge in [-0.05, 0) is 57.8 Å². The summed E-state index contributed by atoms with van der Waals surface area (Å²) in [5.41, 5.74) is 0. The van der Waals surface area contributed by atoms with Gasteiger partial charge in [-0.2, -0.15) is 0 Å². The third-order valence-electron chi connectivity index (χ3n) is 6.12. The van der Waals surface area contributed by atoms with Crippen molar-refractivity contribution in [2.45, 2.75) is 51.5 Å². The Morgan fingerprint density at radius 2 is 1.87 bits per heavy atom. The Kier molecular flexibility index (Phi) is 13.5. The second-order valence-electron chi connectivity index (χ2n) is 8.46. The van der Waals surface area contributed by atoms with Crippen LogP contribution in [0.5, 0.6) is 0 Å². The van der Waals surface area contributed by atoms with Gasteiger partial charge in [-0.3, -0.25) is 9.89 Å². The van der Waals surface area contributed by atoms with Gasteiger partial charge in [0, 0.05) is 51.7 Å². The van der Waals surface area contributed by atoms with E-state index in [-0.39, 0.29) is 24.0 Å². The van der Waals surface area contributed by atoms with Crippen molar-refractivity contribution in [3.63, 3.8) is 0 Å². The molecule has 2 aliphatic rings. The zero-order chi connectivity index (χ0) is 20.9. The van der Waals surface area contributed by atoms with Crippen LogP contribution in [0.25, 0.3) is 0 Å². The van der Waals surface area contributed by atoms with E-state index in [0.29, 0.717) is 6.04 Å². The number of hydrogen-bond donors (Lipinski definition) is 2. The lowest BCUT2D eigenvalue weighted by atomic mass is 10.1. The smallest absolute Gasteiger partial charge is 0.191 e. The quantitative estimate of drug-likeness (QED) is 0.192. The summed E-state index contributed by atoms with van der Waals surface area (Å²) in [7, 11) is 0. The van der Waals surface area contributed by atoms with E-state index >= 15 is 0 Å².